The summed E-state index contributed by atoms with van der Waals surface area (Å²) in [5.74, 6) is -0.0677. The largest absolute Gasteiger partial charge is 0.494 e. The molecule has 0 spiro atoms. The summed E-state index contributed by atoms with van der Waals surface area (Å²) in [4.78, 5) is 18.6. The van der Waals surface area contributed by atoms with Gasteiger partial charge >= 0.3 is 0 Å². The quantitative estimate of drug-likeness (QED) is 0.478. The van der Waals surface area contributed by atoms with Crippen molar-refractivity contribution in [1.29, 1.82) is 0 Å². The lowest BCUT2D eigenvalue weighted by Gasteiger charge is -2.18. The van der Waals surface area contributed by atoms with Gasteiger partial charge in [0.2, 0.25) is 17.6 Å². The van der Waals surface area contributed by atoms with E-state index in [4.69, 9.17) is 20.9 Å². The lowest BCUT2D eigenvalue weighted by atomic mass is 10.1. The van der Waals surface area contributed by atoms with Gasteiger partial charge in [0.15, 0.2) is 11.6 Å². The summed E-state index contributed by atoms with van der Waals surface area (Å²) in [7, 11) is 1.40. The number of carbonyl (C=O) groups is 1. The zero-order valence-electron chi connectivity index (χ0n) is 16.2. The maximum atomic E-state index is 13.9. The normalized spacial score (nSPS) is 17.7. The molecule has 2 aromatic rings. The fourth-order valence-corrected chi connectivity index (χ4v) is 3.16. The van der Waals surface area contributed by atoms with Gasteiger partial charge in [-0.05, 0) is 37.3 Å². The number of ether oxygens (including phenoxy) is 1. The first-order valence-electron chi connectivity index (χ1n) is 9.04. The summed E-state index contributed by atoms with van der Waals surface area (Å²) in [6, 6.07) is 4.43. The third kappa shape index (κ3) is 4.74. The molecule has 1 aliphatic heterocycles. The van der Waals surface area contributed by atoms with Gasteiger partial charge in [0.25, 0.3) is 0 Å². The molecule has 0 bridgehead atoms. The van der Waals surface area contributed by atoms with Crippen LogP contribution in [-0.4, -0.2) is 34.6 Å². The van der Waals surface area contributed by atoms with Crippen LogP contribution in [0.3, 0.4) is 0 Å². The Balaban J connectivity index is 1.80. The van der Waals surface area contributed by atoms with Gasteiger partial charge in [-0.3, -0.25) is 4.79 Å². The number of aromatic nitrogens is 2. The van der Waals surface area contributed by atoms with Crippen LogP contribution < -0.4 is 4.74 Å². The van der Waals surface area contributed by atoms with E-state index >= 15 is 0 Å². The number of halogens is 2. The van der Waals surface area contributed by atoms with E-state index < -0.39 is 5.82 Å². The van der Waals surface area contributed by atoms with E-state index in [2.05, 4.69) is 16.7 Å². The standard InChI is InChI=1S/C21H21ClFN3O3/c1-4-5-16(8-6-13(2)22)26-12-15(11-19(26)27)21-24-20(25-29-21)14-7-9-18(28-3)17(23)10-14/h4,6-10,15H,1,5,11-12H2,2-3H3/b13-6+,16-8+. The van der Waals surface area contributed by atoms with Crippen molar-refractivity contribution in [3.8, 4) is 17.1 Å². The fraction of sp³-hybridized carbons (Fsp3) is 0.286. The van der Waals surface area contributed by atoms with Crippen LogP contribution in [0, 0.1) is 5.82 Å². The fourth-order valence-electron chi connectivity index (χ4n) is 3.10. The average Bonchev–Trinajstić information content (AvgIpc) is 3.32. The predicted octanol–water partition coefficient (Wildman–Crippen LogP) is 4.80. The van der Waals surface area contributed by atoms with Crippen LogP contribution in [0.15, 0.2) is 58.3 Å². The van der Waals surface area contributed by atoms with Gasteiger partial charge in [-0.1, -0.05) is 22.8 Å². The summed E-state index contributed by atoms with van der Waals surface area (Å²) in [6.45, 7) is 5.92. The molecule has 0 saturated carbocycles. The SMILES string of the molecule is C=CC/C(=C\C=C(/C)Cl)N1CC(c2nc(-c3ccc(OC)c(F)c3)no2)CC1=O. The van der Waals surface area contributed by atoms with E-state index in [0.717, 1.165) is 5.70 Å². The van der Waals surface area contributed by atoms with Crippen molar-refractivity contribution in [2.24, 2.45) is 0 Å². The molecule has 6 nitrogen and oxygen atoms in total. The molecule has 1 atom stereocenters. The highest BCUT2D eigenvalue weighted by Crippen LogP contribution is 2.32. The summed E-state index contributed by atoms with van der Waals surface area (Å²) in [5.41, 5.74) is 1.26. The van der Waals surface area contributed by atoms with Crippen LogP contribution in [0.25, 0.3) is 11.4 Å². The highest BCUT2D eigenvalue weighted by Gasteiger charge is 2.35. The number of hydrogen-bond donors (Lipinski definition) is 0. The molecule has 1 fully saturated rings. The molecule has 152 valence electrons. The van der Waals surface area contributed by atoms with E-state index in [9.17, 15) is 9.18 Å². The molecule has 0 radical (unpaired) electrons. The first kappa shape index (κ1) is 20.8. The number of carbonyl (C=O) groups excluding carboxylic acids is 1. The number of benzene rings is 1. The summed E-state index contributed by atoms with van der Waals surface area (Å²) in [6.07, 6.45) is 6.05. The van der Waals surface area contributed by atoms with Crippen molar-refractivity contribution in [3.63, 3.8) is 0 Å². The third-order valence-electron chi connectivity index (χ3n) is 4.53. The number of amides is 1. The van der Waals surface area contributed by atoms with Gasteiger partial charge in [-0.2, -0.15) is 4.98 Å². The minimum atomic E-state index is -0.514. The van der Waals surface area contributed by atoms with Gasteiger partial charge in [-0.25, -0.2) is 4.39 Å². The molecule has 1 aromatic carbocycles. The summed E-state index contributed by atoms with van der Waals surface area (Å²) in [5, 5.41) is 4.55. The van der Waals surface area contributed by atoms with Crippen LogP contribution in [0.4, 0.5) is 4.39 Å². The Morgan fingerprint density at radius 3 is 2.93 bits per heavy atom. The minimum absolute atomic E-state index is 0.0426. The number of hydrogen-bond acceptors (Lipinski definition) is 5. The second-order valence-electron chi connectivity index (χ2n) is 6.62. The van der Waals surface area contributed by atoms with E-state index in [-0.39, 0.29) is 29.8 Å². The average molecular weight is 418 g/mol. The lowest BCUT2D eigenvalue weighted by molar-refractivity contribution is -0.126. The van der Waals surface area contributed by atoms with Crippen molar-refractivity contribution in [2.75, 3.05) is 13.7 Å². The highest BCUT2D eigenvalue weighted by atomic mass is 35.5. The third-order valence-corrected chi connectivity index (χ3v) is 4.66. The summed E-state index contributed by atoms with van der Waals surface area (Å²) >= 11 is 5.90. The van der Waals surface area contributed by atoms with Crippen LogP contribution in [0.2, 0.25) is 0 Å². The van der Waals surface area contributed by atoms with Crippen molar-refractivity contribution >= 4 is 17.5 Å². The molecule has 1 saturated heterocycles. The number of allylic oxidation sites excluding steroid dienone is 4. The molecule has 29 heavy (non-hydrogen) atoms. The van der Waals surface area contributed by atoms with Crippen LogP contribution in [-0.2, 0) is 4.79 Å². The Kier molecular flexibility index (Phi) is 6.49. The first-order chi connectivity index (χ1) is 13.9. The molecule has 0 aliphatic carbocycles. The molecule has 8 heteroatoms. The Morgan fingerprint density at radius 2 is 2.28 bits per heavy atom. The van der Waals surface area contributed by atoms with E-state index in [1.165, 1.54) is 19.2 Å². The molecule has 2 heterocycles. The van der Waals surface area contributed by atoms with E-state index in [1.807, 2.05) is 6.08 Å². The van der Waals surface area contributed by atoms with Crippen molar-refractivity contribution < 1.29 is 18.4 Å². The Hall–Kier alpha value is -2.93. The van der Waals surface area contributed by atoms with Crippen LogP contribution in [0.1, 0.15) is 31.6 Å². The maximum Gasteiger partial charge on any atom is 0.232 e. The highest BCUT2D eigenvalue weighted by molar-refractivity contribution is 6.29. The smallest absolute Gasteiger partial charge is 0.232 e. The second kappa shape index (κ2) is 9.05. The van der Waals surface area contributed by atoms with Gasteiger partial charge in [0.05, 0.1) is 13.0 Å². The molecule has 3 rings (SSSR count). The van der Waals surface area contributed by atoms with Crippen LogP contribution >= 0.6 is 11.6 Å². The zero-order chi connectivity index (χ0) is 21.0. The molecule has 1 aliphatic rings. The van der Waals surface area contributed by atoms with Gasteiger partial charge in [-0.15, -0.1) is 6.58 Å². The molecule has 1 aromatic heterocycles. The monoisotopic (exact) mass is 417 g/mol. The zero-order valence-corrected chi connectivity index (χ0v) is 16.9. The number of rotatable bonds is 7. The topological polar surface area (TPSA) is 68.5 Å². The van der Waals surface area contributed by atoms with Gasteiger partial charge < -0.3 is 14.2 Å². The number of nitrogens with zero attached hydrogens (tertiary/aromatic N) is 3. The van der Waals surface area contributed by atoms with Gasteiger partial charge in [0, 0.05) is 35.7 Å². The molecule has 1 unspecified atom stereocenters. The second-order valence-corrected chi connectivity index (χ2v) is 7.21. The molecular formula is C21H21ClFN3O3. The molecule has 1 amide bonds. The van der Waals surface area contributed by atoms with E-state index in [0.29, 0.717) is 29.5 Å². The lowest BCUT2D eigenvalue weighted by Crippen LogP contribution is -2.24. The van der Waals surface area contributed by atoms with Crippen molar-refractivity contribution in [3.05, 3.63) is 65.4 Å². The summed E-state index contributed by atoms with van der Waals surface area (Å²) < 4.78 is 24.2. The first-order valence-corrected chi connectivity index (χ1v) is 9.42. The predicted molar refractivity (Wildman–Crippen MR) is 108 cm³/mol. The van der Waals surface area contributed by atoms with Crippen molar-refractivity contribution in [1.82, 2.24) is 15.0 Å². The van der Waals surface area contributed by atoms with Crippen molar-refractivity contribution in [2.45, 2.75) is 25.7 Å². The Bertz CT molecular complexity index is 979. The van der Waals surface area contributed by atoms with Crippen LogP contribution in [0.5, 0.6) is 5.75 Å². The molecule has 0 N–H and O–H groups in total. The van der Waals surface area contributed by atoms with Gasteiger partial charge in [0.1, 0.15) is 0 Å². The van der Waals surface area contributed by atoms with E-state index in [1.54, 1.807) is 30.0 Å². The Labute approximate surface area is 173 Å². The minimum Gasteiger partial charge on any atom is -0.494 e. The number of likely N-dealkylation sites (tertiary alicyclic amines) is 1. The number of methoxy groups -OCH3 is 1. The maximum absolute atomic E-state index is 13.9. The Morgan fingerprint density at radius 1 is 1.48 bits per heavy atom. The molecular weight excluding hydrogens is 397 g/mol.